The van der Waals surface area contributed by atoms with E-state index in [1.807, 2.05) is 24.3 Å². The molecule has 202 valence electrons. The fourth-order valence-electron chi connectivity index (χ4n) is 4.43. The number of hydrogen-bond acceptors (Lipinski definition) is 14. The molecule has 0 aliphatic carbocycles. The van der Waals surface area contributed by atoms with Gasteiger partial charge in [0.1, 0.15) is 41.2 Å². The molecule has 1 aliphatic heterocycles. The van der Waals surface area contributed by atoms with Gasteiger partial charge in [0.05, 0.1) is 45.3 Å². The van der Waals surface area contributed by atoms with Crippen LogP contribution in [0.25, 0.3) is 45.6 Å². The Morgan fingerprint density at radius 3 is 1.93 bits per heavy atom. The maximum atomic E-state index is 10.2. The molecule has 0 spiro atoms. The number of aromatic nitrogens is 4. The predicted molar refractivity (Wildman–Crippen MR) is 148 cm³/mol. The van der Waals surface area contributed by atoms with Crippen molar-refractivity contribution < 1.29 is 4.42 Å². The monoisotopic (exact) mass is 577 g/mol. The number of nitriles is 7. The topological polar surface area (TPSA) is 256 Å². The van der Waals surface area contributed by atoms with E-state index in [2.05, 4.69) is 36.0 Å². The van der Waals surface area contributed by atoms with Crippen LogP contribution in [0.4, 0.5) is 0 Å². The Kier molecular flexibility index (Phi) is 6.45. The fraction of sp³-hybridized carbons (Fsp3) is 0. The number of benzene rings is 3. The summed E-state index contributed by atoms with van der Waals surface area (Å²) < 4.78 is 5.87. The van der Waals surface area contributed by atoms with Crippen LogP contribution in [-0.2, 0) is 0 Å². The highest BCUT2D eigenvalue weighted by Gasteiger charge is 2.22. The molecule has 6 rings (SSSR count). The van der Waals surface area contributed by atoms with Crippen LogP contribution < -0.4 is 10.7 Å². The first kappa shape index (κ1) is 27.1. The Hall–Kier alpha value is -8.09. The molecular formula is C31H7N13O. The summed E-state index contributed by atoms with van der Waals surface area (Å²) in [6.07, 6.45) is 0. The van der Waals surface area contributed by atoms with Gasteiger partial charge in [-0.15, -0.1) is 0 Å². The highest BCUT2D eigenvalue weighted by Crippen LogP contribution is 2.29. The second kappa shape index (κ2) is 10.7. The molecule has 0 saturated heterocycles. The zero-order valence-corrected chi connectivity index (χ0v) is 22.3. The van der Waals surface area contributed by atoms with Gasteiger partial charge in [0.2, 0.25) is 5.82 Å². The summed E-state index contributed by atoms with van der Waals surface area (Å²) in [6, 6.07) is 23.5. The highest BCUT2D eigenvalue weighted by atomic mass is 16.3. The van der Waals surface area contributed by atoms with E-state index in [4.69, 9.17) is 4.42 Å². The van der Waals surface area contributed by atoms with Crippen molar-refractivity contribution in [1.82, 2.24) is 19.9 Å². The van der Waals surface area contributed by atoms with Crippen LogP contribution in [0.1, 0.15) is 27.8 Å². The molecule has 14 nitrogen and oxygen atoms in total. The normalized spacial score (nSPS) is 10.8. The summed E-state index contributed by atoms with van der Waals surface area (Å²) in [5.74, 6) is -0.390. The van der Waals surface area contributed by atoms with E-state index in [-0.39, 0.29) is 95.5 Å². The average molecular weight is 577 g/mol. The van der Waals surface area contributed by atoms with Crippen LogP contribution in [0.15, 0.2) is 68.3 Å². The Morgan fingerprint density at radius 2 is 1.29 bits per heavy atom. The van der Waals surface area contributed by atoms with Gasteiger partial charge in [-0.25, -0.2) is 29.9 Å². The zero-order chi connectivity index (χ0) is 31.7. The van der Waals surface area contributed by atoms with Crippen molar-refractivity contribution in [3.8, 4) is 77.0 Å². The van der Waals surface area contributed by atoms with Crippen LogP contribution in [-0.4, -0.2) is 19.9 Å². The van der Waals surface area contributed by atoms with Gasteiger partial charge in [0, 0.05) is 17.2 Å². The molecule has 1 aliphatic rings. The summed E-state index contributed by atoms with van der Waals surface area (Å²) in [4.78, 5) is 26.4. The molecule has 0 atom stereocenters. The summed E-state index contributed by atoms with van der Waals surface area (Å²) in [6.45, 7) is 0. The summed E-state index contributed by atoms with van der Waals surface area (Å²) in [5, 5.41) is 66.9. The van der Waals surface area contributed by atoms with Crippen molar-refractivity contribution in [1.29, 1.82) is 36.8 Å². The van der Waals surface area contributed by atoms with E-state index < -0.39 is 0 Å². The van der Waals surface area contributed by atoms with E-state index in [0.29, 0.717) is 0 Å². The summed E-state index contributed by atoms with van der Waals surface area (Å²) in [5.41, 5.74) is 1.07. The first-order valence-electron chi connectivity index (χ1n) is 12.5. The van der Waals surface area contributed by atoms with Gasteiger partial charge >= 0.3 is 0 Å². The third-order valence-electron chi connectivity index (χ3n) is 6.45. The van der Waals surface area contributed by atoms with Gasteiger partial charge in [-0.05, 0) is 36.4 Å². The minimum Gasteiger partial charge on any atom is -0.433 e. The number of nitrogens with zero attached hydrogens (tertiary/aromatic N) is 13. The summed E-state index contributed by atoms with van der Waals surface area (Å²) in [7, 11) is 0. The molecule has 2 aromatic heterocycles. The Balaban J connectivity index is 1.64. The predicted octanol–water partition coefficient (Wildman–Crippen LogP) is 2.88. The van der Waals surface area contributed by atoms with E-state index >= 15 is 0 Å². The average Bonchev–Trinajstić information content (AvgIpc) is 3.71. The van der Waals surface area contributed by atoms with Gasteiger partial charge in [-0.2, -0.15) is 36.8 Å². The lowest BCUT2D eigenvalue weighted by atomic mass is 10.1. The second-order valence-electron chi connectivity index (χ2n) is 9.05. The van der Waals surface area contributed by atoms with Gasteiger partial charge in [-0.3, -0.25) is 0 Å². The van der Waals surface area contributed by atoms with Gasteiger partial charge in [0.15, 0.2) is 28.6 Å². The van der Waals surface area contributed by atoms with Crippen molar-refractivity contribution in [3.05, 3.63) is 92.4 Å². The molecule has 5 aromatic rings. The fourth-order valence-corrected chi connectivity index (χ4v) is 4.43. The quantitative estimate of drug-likeness (QED) is 0.280. The first-order valence-corrected chi connectivity index (χ1v) is 12.5. The lowest BCUT2D eigenvalue weighted by molar-refractivity contribution is 0.612. The van der Waals surface area contributed by atoms with Crippen molar-refractivity contribution >= 4 is 11.1 Å². The smallest absolute Gasteiger partial charge is 0.266 e. The Morgan fingerprint density at radius 1 is 0.622 bits per heavy atom. The van der Waals surface area contributed by atoms with Crippen molar-refractivity contribution in [2.45, 2.75) is 0 Å². The van der Waals surface area contributed by atoms with E-state index in [9.17, 15) is 36.8 Å². The lowest BCUT2D eigenvalue weighted by Gasteiger charge is -2.08. The van der Waals surface area contributed by atoms with Gasteiger partial charge < -0.3 is 4.42 Å². The van der Waals surface area contributed by atoms with E-state index in [0.717, 1.165) is 0 Å². The maximum absolute atomic E-state index is 10.2. The molecule has 0 N–H and O–H groups in total. The number of fused-ring (bicyclic) bond motifs is 2. The maximum Gasteiger partial charge on any atom is 0.266 e. The molecule has 3 aromatic carbocycles. The number of allylic oxidation sites excluding steroid dienone is 1. The van der Waals surface area contributed by atoms with Crippen LogP contribution in [0.3, 0.4) is 0 Å². The molecule has 0 bridgehead atoms. The second-order valence-corrected chi connectivity index (χ2v) is 9.05. The van der Waals surface area contributed by atoms with Gasteiger partial charge in [-0.1, -0.05) is 0 Å². The van der Waals surface area contributed by atoms with Crippen molar-refractivity contribution in [3.63, 3.8) is 0 Å². The molecule has 0 fully saturated rings. The molecular weight excluding hydrogens is 570 g/mol. The van der Waals surface area contributed by atoms with Crippen LogP contribution in [0.2, 0.25) is 0 Å². The van der Waals surface area contributed by atoms with Crippen LogP contribution >= 0.6 is 0 Å². The Bertz CT molecular complexity index is 2540. The van der Waals surface area contributed by atoms with E-state index in [1.54, 1.807) is 12.1 Å². The van der Waals surface area contributed by atoms with Crippen molar-refractivity contribution in [2.75, 3.05) is 0 Å². The van der Waals surface area contributed by atoms with Gasteiger partial charge in [0.25, 0.3) is 5.89 Å². The number of hydrogen-bond donors (Lipinski definition) is 0. The largest absolute Gasteiger partial charge is 0.433 e. The lowest BCUT2D eigenvalue weighted by Crippen LogP contribution is -2.25. The summed E-state index contributed by atoms with van der Waals surface area (Å²) >= 11 is 0. The molecule has 0 amide bonds. The molecule has 0 saturated carbocycles. The zero-order valence-electron chi connectivity index (χ0n) is 22.3. The highest BCUT2D eigenvalue weighted by molar-refractivity contribution is 5.80. The van der Waals surface area contributed by atoms with E-state index in [1.165, 1.54) is 42.5 Å². The molecule has 0 radical (unpaired) electrons. The standard InChI is InChI=1S/C31H7N13O/c32-8-15-3-16(9-33)5-17(4-15)27-42-29(21-1-2-23-26(22(21)14-38)41-28(39-23)20(12-36)13-37)44-30(43-27)31-40-24-6-18(10-34)19(11-35)7-25(24)45-31/h1-7H. The minimum atomic E-state index is -0.331. The Labute approximate surface area is 251 Å². The van der Waals surface area contributed by atoms with Crippen LogP contribution in [0, 0.1) is 79.3 Å². The van der Waals surface area contributed by atoms with Crippen LogP contribution in [0.5, 0.6) is 0 Å². The molecule has 14 heteroatoms. The molecule has 3 heterocycles. The minimum absolute atomic E-state index is 0.00382. The third kappa shape index (κ3) is 4.58. The number of rotatable bonds is 3. The number of oxazole rings is 1. The third-order valence-corrected chi connectivity index (χ3v) is 6.45. The van der Waals surface area contributed by atoms with Crippen molar-refractivity contribution in [2.24, 2.45) is 9.98 Å². The SMILES string of the molecule is N#CC(C#N)=C1N=c2ccc(-c3nc(-c4cc(C#N)cc(C#N)c4)nc(-c4nc5cc(C#N)c(C#N)cc5o4)n3)c(C#N)c2=N1. The first-order chi connectivity index (χ1) is 21.9. The molecule has 0 unspecified atom stereocenters. The molecule has 45 heavy (non-hydrogen) atoms.